The maximum absolute atomic E-state index is 13.7. The molecular weight excluding hydrogens is 481 g/mol. The van der Waals surface area contributed by atoms with Gasteiger partial charge in [0, 0.05) is 24.0 Å². The van der Waals surface area contributed by atoms with Gasteiger partial charge < -0.3 is 19.9 Å². The predicted molar refractivity (Wildman–Crippen MR) is 140 cm³/mol. The zero-order chi connectivity index (χ0) is 25.2. The van der Waals surface area contributed by atoms with E-state index in [2.05, 4.69) is 32.2 Å². The predicted octanol–water partition coefficient (Wildman–Crippen LogP) is 5.48. The maximum Gasteiger partial charge on any atom is 0.362 e. The number of halogens is 1. The van der Waals surface area contributed by atoms with Crippen molar-refractivity contribution < 1.29 is 13.9 Å². The minimum Gasteiger partial charge on any atom is -0.464 e. The molecule has 2 heterocycles. The average molecular weight is 508 g/mol. The third kappa shape index (κ3) is 4.81. The fraction of sp³-hybridized carbons (Fsp3) is 0.308. The highest BCUT2D eigenvalue weighted by molar-refractivity contribution is 7.14. The standard InChI is InChI=1S/C26H26FN5O3S/c1-32(17-9-4-3-5-10-17)22-13-19-18(29-24(33)23(28-19)25(34)35-2)12-20(22)30-26-31-21(14-36-26)15-7-6-8-16(27)11-15/h6-8,11-14,17H,3-5,9-10H2,1-2H3,(H,29,33)(H,30,31). The molecule has 2 aromatic heterocycles. The zero-order valence-electron chi connectivity index (χ0n) is 20.0. The van der Waals surface area contributed by atoms with Crippen LogP contribution in [0, 0.1) is 5.82 Å². The highest BCUT2D eigenvalue weighted by atomic mass is 32.1. The summed E-state index contributed by atoms with van der Waals surface area (Å²) in [7, 11) is 3.27. The smallest absolute Gasteiger partial charge is 0.362 e. The molecule has 10 heteroatoms. The van der Waals surface area contributed by atoms with Crippen molar-refractivity contribution in [1.29, 1.82) is 0 Å². The number of hydrogen-bond acceptors (Lipinski definition) is 8. The summed E-state index contributed by atoms with van der Waals surface area (Å²) in [5, 5.41) is 5.89. The van der Waals surface area contributed by atoms with Gasteiger partial charge in [-0.3, -0.25) is 4.79 Å². The Balaban J connectivity index is 1.56. The molecule has 1 fully saturated rings. The van der Waals surface area contributed by atoms with Gasteiger partial charge in [-0.25, -0.2) is 19.2 Å². The van der Waals surface area contributed by atoms with Gasteiger partial charge >= 0.3 is 5.97 Å². The molecule has 2 aromatic carbocycles. The van der Waals surface area contributed by atoms with Gasteiger partial charge in [0.25, 0.3) is 5.56 Å². The van der Waals surface area contributed by atoms with Crippen LogP contribution in [0.5, 0.6) is 0 Å². The molecule has 0 spiro atoms. The Hall–Kier alpha value is -3.79. The number of aromatic nitrogens is 3. The molecule has 5 rings (SSSR count). The maximum atomic E-state index is 13.7. The third-order valence-corrected chi connectivity index (χ3v) is 7.31. The number of benzene rings is 2. The number of hydrogen-bond donors (Lipinski definition) is 2. The summed E-state index contributed by atoms with van der Waals surface area (Å²) in [4.78, 5) is 38.4. The lowest BCUT2D eigenvalue weighted by atomic mass is 9.94. The number of thiazole rings is 1. The Labute approximate surface area is 211 Å². The summed E-state index contributed by atoms with van der Waals surface area (Å²) < 4.78 is 18.4. The van der Waals surface area contributed by atoms with E-state index in [9.17, 15) is 14.0 Å². The molecule has 0 saturated heterocycles. The van der Waals surface area contributed by atoms with E-state index < -0.39 is 11.5 Å². The van der Waals surface area contributed by atoms with Gasteiger partial charge in [0.15, 0.2) is 5.13 Å². The zero-order valence-corrected chi connectivity index (χ0v) is 20.8. The molecule has 0 bridgehead atoms. The number of esters is 1. The monoisotopic (exact) mass is 507 g/mol. The summed E-state index contributed by atoms with van der Waals surface area (Å²) in [5.74, 6) is -1.10. The first-order chi connectivity index (χ1) is 17.4. The fourth-order valence-electron chi connectivity index (χ4n) is 4.64. The molecule has 1 saturated carbocycles. The Morgan fingerprint density at radius 3 is 2.75 bits per heavy atom. The number of aromatic amines is 1. The molecule has 0 radical (unpaired) electrons. The fourth-order valence-corrected chi connectivity index (χ4v) is 5.37. The second-order valence-corrected chi connectivity index (χ2v) is 9.73. The van der Waals surface area contributed by atoms with Gasteiger partial charge in [0.1, 0.15) is 5.82 Å². The van der Waals surface area contributed by atoms with Crippen molar-refractivity contribution in [2.75, 3.05) is 24.4 Å². The van der Waals surface area contributed by atoms with Gasteiger partial charge in [0.2, 0.25) is 5.69 Å². The average Bonchev–Trinajstić information content (AvgIpc) is 3.36. The van der Waals surface area contributed by atoms with E-state index in [1.54, 1.807) is 6.07 Å². The molecule has 186 valence electrons. The molecule has 0 amide bonds. The summed E-state index contributed by atoms with van der Waals surface area (Å²) >= 11 is 1.41. The van der Waals surface area contributed by atoms with Gasteiger partial charge in [-0.2, -0.15) is 0 Å². The Kier molecular flexibility index (Phi) is 6.69. The first-order valence-electron chi connectivity index (χ1n) is 11.8. The van der Waals surface area contributed by atoms with Crippen molar-refractivity contribution in [2.45, 2.75) is 38.1 Å². The van der Waals surface area contributed by atoms with Crippen molar-refractivity contribution in [3.8, 4) is 11.3 Å². The Bertz CT molecular complexity index is 1480. The number of H-pyrrole nitrogens is 1. The van der Waals surface area contributed by atoms with Crippen LogP contribution in [0.4, 0.5) is 20.9 Å². The highest BCUT2D eigenvalue weighted by Gasteiger charge is 2.23. The molecule has 1 aliphatic carbocycles. The third-order valence-electron chi connectivity index (χ3n) is 6.56. The van der Waals surface area contributed by atoms with Crippen LogP contribution in [0.1, 0.15) is 42.6 Å². The van der Waals surface area contributed by atoms with Crippen LogP contribution in [0.25, 0.3) is 22.3 Å². The molecule has 0 aliphatic heterocycles. The van der Waals surface area contributed by atoms with E-state index in [0.29, 0.717) is 33.5 Å². The molecule has 36 heavy (non-hydrogen) atoms. The molecule has 4 aromatic rings. The normalized spacial score (nSPS) is 14.1. The largest absolute Gasteiger partial charge is 0.464 e. The van der Waals surface area contributed by atoms with E-state index in [1.165, 1.54) is 49.8 Å². The van der Waals surface area contributed by atoms with Gasteiger partial charge in [-0.15, -0.1) is 11.3 Å². The van der Waals surface area contributed by atoms with E-state index in [1.807, 2.05) is 23.6 Å². The lowest BCUT2D eigenvalue weighted by molar-refractivity contribution is 0.0592. The summed E-state index contributed by atoms with van der Waals surface area (Å²) in [5.41, 5.74) is 3.07. The van der Waals surface area contributed by atoms with Crippen LogP contribution in [0.2, 0.25) is 0 Å². The number of anilines is 3. The van der Waals surface area contributed by atoms with E-state index in [4.69, 9.17) is 4.74 Å². The molecule has 0 atom stereocenters. The number of carbonyl (C=O) groups is 1. The highest BCUT2D eigenvalue weighted by Crippen LogP contribution is 2.37. The lowest BCUT2D eigenvalue weighted by Crippen LogP contribution is -2.33. The molecule has 1 aliphatic rings. The van der Waals surface area contributed by atoms with Crippen molar-refractivity contribution in [1.82, 2.24) is 15.0 Å². The van der Waals surface area contributed by atoms with E-state index in [-0.39, 0.29) is 11.5 Å². The number of fused-ring (bicyclic) bond motifs is 1. The molecule has 0 unspecified atom stereocenters. The lowest BCUT2D eigenvalue weighted by Gasteiger charge is -2.34. The van der Waals surface area contributed by atoms with E-state index >= 15 is 0 Å². The first kappa shape index (κ1) is 23.9. The molecule has 2 N–H and O–H groups in total. The quantitative estimate of drug-likeness (QED) is 0.333. The second-order valence-electron chi connectivity index (χ2n) is 8.87. The number of carbonyl (C=O) groups excluding carboxylic acids is 1. The molecule has 8 nitrogen and oxygen atoms in total. The summed E-state index contributed by atoms with van der Waals surface area (Å²) in [6, 6.07) is 10.4. The second kappa shape index (κ2) is 10.1. The van der Waals surface area contributed by atoms with Crippen LogP contribution in [-0.2, 0) is 4.74 Å². The summed E-state index contributed by atoms with van der Waals surface area (Å²) in [6.45, 7) is 0. The topological polar surface area (TPSA) is 100 Å². The van der Waals surface area contributed by atoms with Crippen molar-refractivity contribution in [3.63, 3.8) is 0 Å². The minimum absolute atomic E-state index is 0.281. The van der Waals surface area contributed by atoms with Gasteiger partial charge in [-0.1, -0.05) is 31.4 Å². The van der Waals surface area contributed by atoms with Crippen molar-refractivity contribution >= 4 is 44.8 Å². The number of ether oxygens (including phenoxy) is 1. The number of nitrogens with zero attached hydrogens (tertiary/aromatic N) is 3. The van der Waals surface area contributed by atoms with Crippen LogP contribution in [0.3, 0.4) is 0 Å². The van der Waals surface area contributed by atoms with Gasteiger partial charge in [-0.05, 0) is 37.1 Å². The summed E-state index contributed by atoms with van der Waals surface area (Å²) in [6.07, 6.45) is 5.75. The van der Waals surface area contributed by atoms with Crippen molar-refractivity contribution in [3.05, 3.63) is 63.6 Å². The SMILES string of the molecule is COC(=O)c1nc2cc(N(C)C3CCCCC3)c(Nc3nc(-c4cccc(F)c4)cs3)cc2[nH]c1=O. The van der Waals surface area contributed by atoms with Crippen LogP contribution in [-0.4, -0.2) is 41.1 Å². The molecular formula is C26H26FN5O3S. The minimum atomic E-state index is -0.782. The number of methoxy groups -OCH3 is 1. The van der Waals surface area contributed by atoms with Crippen molar-refractivity contribution in [2.24, 2.45) is 0 Å². The first-order valence-corrected chi connectivity index (χ1v) is 12.7. The number of rotatable bonds is 6. The number of nitrogens with one attached hydrogen (secondary N) is 2. The van der Waals surface area contributed by atoms with E-state index in [0.717, 1.165) is 24.2 Å². The van der Waals surface area contributed by atoms with Crippen LogP contribution in [0.15, 0.2) is 46.6 Å². The Morgan fingerprint density at radius 2 is 2.00 bits per heavy atom. The van der Waals surface area contributed by atoms with Crippen LogP contribution >= 0.6 is 11.3 Å². The van der Waals surface area contributed by atoms with Crippen LogP contribution < -0.4 is 15.8 Å². The van der Waals surface area contributed by atoms with Gasteiger partial charge in [0.05, 0.1) is 35.2 Å². The Morgan fingerprint density at radius 1 is 1.19 bits per heavy atom.